The molecule has 1 N–H and O–H groups in total. The smallest absolute Gasteiger partial charge is 0.450 e. The van der Waals surface area contributed by atoms with E-state index in [2.05, 4.69) is 4.74 Å². The number of hydrogen-bond acceptors (Lipinski definition) is 2. The van der Waals surface area contributed by atoms with Crippen LogP contribution < -0.4 is 0 Å². The van der Waals surface area contributed by atoms with Crippen molar-refractivity contribution >= 4 is 6.16 Å². The number of hydrogen-bond donors (Lipinski definition) is 1. The first-order valence-electron chi connectivity index (χ1n) is 1.04. The van der Waals surface area contributed by atoms with Crippen molar-refractivity contribution in [2.45, 2.75) is 0 Å². The van der Waals surface area contributed by atoms with Crippen LogP contribution in [-0.2, 0) is 21.8 Å². The first kappa shape index (κ1) is 9.25. The standard InChI is InChI=1S/C2H4O3.Mn/c1-5-2(3)4;/h1H3,(H,3,4);. The van der Waals surface area contributed by atoms with E-state index in [1.807, 2.05) is 0 Å². The largest absolute Gasteiger partial charge is 0.505 e. The van der Waals surface area contributed by atoms with Crippen molar-refractivity contribution in [1.29, 1.82) is 0 Å². The fraction of sp³-hybridized carbons (Fsp3) is 0.500. The summed E-state index contributed by atoms with van der Waals surface area (Å²) in [5, 5.41) is 7.50. The fourth-order valence-electron chi connectivity index (χ4n) is 0. The quantitative estimate of drug-likeness (QED) is 0.380. The number of carboxylic acid groups (broad SMARTS) is 1. The van der Waals surface area contributed by atoms with Crippen molar-refractivity contribution in [1.82, 2.24) is 0 Å². The Morgan fingerprint density at radius 3 is 2.00 bits per heavy atom. The van der Waals surface area contributed by atoms with Gasteiger partial charge in [-0.15, -0.1) is 0 Å². The number of carbonyl (C=O) groups is 1. The van der Waals surface area contributed by atoms with Crippen molar-refractivity contribution in [3.63, 3.8) is 0 Å². The maximum Gasteiger partial charge on any atom is 0.505 e. The van der Waals surface area contributed by atoms with Gasteiger partial charge in [0.1, 0.15) is 0 Å². The Labute approximate surface area is 45.8 Å². The molecule has 0 aromatic carbocycles. The zero-order chi connectivity index (χ0) is 4.28. The van der Waals surface area contributed by atoms with Gasteiger partial charge in [0.05, 0.1) is 7.11 Å². The Morgan fingerprint density at radius 2 is 2.00 bits per heavy atom. The van der Waals surface area contributed by atoms with E-state index in [0.29, 0.717) is 0 Å². The van der Waals surface area contributed by atoms with Gasteiger partial charge in [0.25, 0.3) is 0 Å². The summed E-state index contributed by atoms with van der Waals surface area (Å²) in [5.74, 6) is 0. The molecule has 0 saturated carbocycles. The average molecular weight is 131 g/mol. The van der Waals surface area contributed by atoms with Gasteiger partial charge >= 0.3 is 6.16 Å². The van der Waals surface area contributed by atoms with Crippen LogP contribution in [0.5, 0.6) is 0 Å². The first-order valence-corrected chi connectivity index (χ1v) is 1.04. The maximum absolute atomic E-state index is 9.15. The SMILES string of the molecule is COC(=O)O.[Mn]. The zero-order valence-electron chi connectivity index (χ0n) is 3.14. The second kappa shape index (κ2) is 4.79. The Balaban J connectivity index is 0. The van der Waals surface area contributed by atoms with E-state index in [-0.39, 0.29) is 17.1 Å². The van der Waals surface area contributed by atoms with Gasteiger partial charge in [-0.3, -0.25) is 0 Å². The third-order valence-corrected chi connectivity index (χ3v) is 0.175. The summed E-state index contributed by atoms with van der Waals surface area (Å²) in [6, 6.07) is 0. The van der Waals surface area contributed by atoms with Gasteiger partial charge in [0, 0.05) is 17.1 Å². The molecular formula is C2H4MnO3. The summed E-state index contributed by atoms with van der Waals surface area (Å²) in [6.07, 6.45) is -1.25. The fourth-order valence-corrected chi connectivity index (χ4v) is 0. The molecule has 0 aliphatic carbocycles. The van der Waals surface area contributed by atoms with Crippen LogP contribution >= 0.6 is 0 Å². The van der Waals surface area contributed by atoms with Crippen molar-refractivity contribution in [2.75, 3.05) is 7.11 Å². The van der Waals surface area contributed by atoms with Crippen LogP contribution in [0.15, 0.2) is 0 Å². The molecule has 0 rings (SSSR count). The van der Waals surface area contributed by atoms with Gasteiger partial charge in [-0.25, -0.2) is 4.79 Å². The van der Waals surface area contributed by atoms with Gasteiger partial charge in [-0.05, 0) is 0 Å². The molecule has 0 unspecified atom stereocenters. The molecule has 4 heteroatoms. The summed E-state index contributed by atoms with van der Waals surface area (Å²) in [7, 11) is 1.10. The molecule has 37 valence electrons. The Bertz CT molecular complexity index is 44.1. The average Bonchev–Trinajstić information content (AvgIpc) is 1.38. The molecule has 0 spiro atoms. The monoisotopic (exact) mass is 131 g/mol. The summed E-state index contributed by atoms with van der Waals surface area (Å²) >= 11 is 0. The Kier molecular flexibility index (Phi) is 7.38. The van der Waals surface area contributed by atoms with Gasteiger partial charge < -0.3 is 9.84 Å². The van der Waals surface area contributed by atoms with E-state index in [0.717, 1.165) is 7.11 Å². The minimum Gasteiger partial charge on any atom is -0.450 e. The second-order valence-corrected chi connectivity index (χ2v) is 0.470. The Hall–Kier alpha value is -0.211. The number of methoxy groups -OCH3 is 1. The second-order valence-electron chi connectivity index (χ2n) is 0.470. The van der Waals surface area contributed by atoms with Gasteiger partial charge in [0.15, 0.2) is 0 Å². The molecule has 0 aromatic rings. The minimum atomic E-state index is -1.25. The molecule has 0 aromatic heterocycles. The van der Waals surface area contributed by atoms with Gasteiger partial charge in [0.2, 0.25) is 0 Å². The van der Waals surface area contributed by atoms with Crippen LogP contribution in [0.3, 0.4) is 0 Å². The van der Waals surface area contributed by atoms with Crippen molar-refractivity contribution < 1.29 is 31.7 Å². The third kappa shape index (κ3) is 9.21. The molecule has 0 atom stereocenters. The van der Waals surface area contributed by atoms with E-state index in [9.17, 15) is 0 Å². The number of rotatable bonds is 0. The molecule has 0 aliphatic heterocycles. The number of ether oxygens (including phenoxy) is 1. The van der Waals surface area contributed by atoms with Gasteiger partial charge in [-0.1, -0.05) is 0 Å². The Morgan fingerprint density at radius 1 is 1.83 bits per heavy atom. The minimum absolute atomic E-state index is 0. The van der Waals surface area contributed by atoms with E-state index >= 15 is 0 Å². The van der Waals surface area contributed by atoms with E-state index in [4.69, 9.17) is 9.90 Å². The summed E-state index contributed by atoms with van der Waals surface area (Å²) < 4.78 is 3.67. The molecule has 0 fully saturated rings. The van der Waals surface area contributed by atoms with Crippen LogP contribution in [0.2, 0.25) is 0 Å². The van der Waals surface area contributed by atoms with Crippen LogP contribution in [0.1, 0.15) is 0 Å². The van der Waals surface area contributed by atoms with Crippen molar-refractivity contribution in [3.8, 4) is 0 Å². The van der Waals surface area contributed by atoms with Gasteiger partial charge in [-0.2, -0.15) is 0 Å². The van der Waals surface area contributed by atoms with Crippen LogP contribution in [0.4, 0.5) is 4.79 Å². The van der Waals surface area contributed by atoms with Crippen LogP contribution in [0.25, 0.3) is 0 Å². The first-order chi connectivity index (χ1) is 2.27. The molecule has 3 nitrogen and oxygen atoms in total. The maximum atomic E-state index is 9.15. The van der Waals surface area contributed by atoms with E-state index < -0.39 is 6.16 Å². The topological polar surface area (TPSA) is 46.5 Å². The zero-order valence-corrected chi connectivity index (χ0v) is 4.32. The molecular weight excluding hydrogens is 127 g/mol. The molecule has 0 saturated heterocycles. The molecule has 0 amide bonds. The summed E-state index contributed by atoms with van der Waals surface area (Å²) in [5.41, 5.74) is 0. The van der Waals surface area contributed by atoms with Crippen LogP contribution in [0, 0.1) is 0 Å². The molecule has 0 aliphatic rings. The van der Waals surface area contributed by atoms with Crippen LogP contribution in [-0.4, -0.2) is 18.4 Å². The predicted octanol–water partition coefficient (Wildman–Crippen LogP) is 0.308. The molecule has 1 radical (unpaired) electrons. The molecule has 0 bridgehead atoms. The summed E-state index contributed by atoms with van der Waals surface area (Å²) in [4.78, 5) is 9.15. The predicted molar refractivity (Wildman–Crippen MR) is 15.0 cm³/mol. The third-order valence-electron chi connectivity index (χ3n) is 0.175. The molecule has 0 heterocycles. The van der Waals surface area contributed by atoms with E-state index in [1.54, 1.807) is 0 Å². The van der Waals surface area contributed by atoms with Crippen molar-refractivity contribution in [2.24, 2.45) is 0 Å². The molecule has 6 heavy (non-hydrogen) atoms. The van der Waals surface area contributed by atoms with Crippen molar-refractivity contribution in [3.05, 3.63) is 0 Å². The normalized spacial score (nSPS) is 5.50. The van der Waals surface area contributed by atoms with E-state index in [1.165, 1.54) is 0 Å². The summed E-state index contributed by atoms with van der Waals surface area (Å²) in [6.45, 7) is 0.